The minimum absolute atomic E-state index is 0.0182. The fourth-order valence-electron chi connectivity index (χ4n) is 3.27. The second-order valence-electron chi connectivity index (χ2n) is 8.69. The molecule has 0 saturated carbocycles. The highest BCUT2D eigenvalue weighted by Gasteiger charge is 2.54. The van der Waals surface area contributed by atoms with E-state index in [-0.39, 0.29) is 24.2 Å². The first kappa shape index (κ1) is 23.1. The van der Waals surface area contributed by atoms with Crippen LogP contribution in [0.25, 0.3) is 0 Å². The van der Waals surface area contributed by atoms with E-state index < -0.39 is 24.4 Å². The van der Waals surface area contributed by atoms with Gasteiger partial charge in [0, 0.05) is 13.1 Å². The number of ether oxygens (including phenoxy) is 1. The van der Waals surface area contributed by atoms with Crippen LogP contribution in [0, 0.1) is 0 Å². The Kier molecular flexibility index (Phi) is 7.90. The highest BCUT2D eigenvalue weighted by Crippen LogP contribution is 2.38. The SMILES string of the molecule is CCCC[C@H](NC(=O)[C@H](N)CC(=O)N1CCOCC1)B1OC(C)(C)C(C)(C)O1. The molecule has 0 aromatic rings. The van der Waals surface area contributed by atoms with Crippen molar-refractivity contribution in [2.75, 3.05) is 26.3 Å². The topological polar surface area (TPSA) is 103 Å². The van der Waals surface area contributed by atoms with E-state index in [1.807, 2.05) is 27.7 Å². The first-order chi connectivity index (χ1) is 13.1. The van der Waals surface area contributed by atoms with Gasteiger partial charge in [-0.05, 0) is 34.1 Å². The van der Waals surface area contributed by atoms with Crippen LogP contribution in [0.1, 0.15) is 60.3 Å². The van der Waals surface area contributed by atoms with Crippen molar-refractivity contribution in [1.29, 1.82) is 0 Å². The third kappa shape index (κ3) is 5.69. The smallest absolute Gasteiger partial charge is 0.402 e. The van der Waals surface area contributed by atoms with Crippen LogP contribution in [-0.4, -0.2) is 73.3 Å². The molecular weight excluding hydrogens is 361 g/mol. The number of amides is 2. The summed E-state index contributed by atoms with van der Waals surface area (Å²) in [6.07, 6.45) is 2.63. The second kappa shape index (κ2) is 9.56. The van der Waals surface area contributed by atoms with E-state index in [9.17, 15) is 9.59 Å². The molecule has 0 bridgehead atoms. The van der Waals surface area contributed by atoms with Crippen molar-refractivity contribution in [3.63, 3.8) is 0 Å². The Labute approximate surface area is 169 Å². The monoisotopic (exact) mass is 397 g/mol. The highest BCUT2D eigenvalue weighted by molar-refractivity contribution is 6.48. The summed E-state index contributed by atoms with van der Waals surface area (Å²) in [6.45, 7) is 12.2. The lowest BCUT2D eigenvalue weighted by molar-refractivity contribution is -0.137. The fraction of sp³-hybridized carbons (Fsp3) is 0.895. The third-order valence-corrected chi connectivity index (χ3v) is 5.89. The average molecular weight is 397 g/mol. The van der Waals surface area contributed by atoms with Gasteiger partial charge in [0.1, 0.15) is 0 Å². The summed E-state index contributed by atoms with van der Waals surface area (Å²) in [6, 6.07) is -0.901. The molecule has 0 aromatic carbocycles. The molecule has 0 spiro atoms. The maximum atomic E-state index is 12.7. The summed E-state index contributed by atoms with van der Waals surface area (Å²) < 4.78 is 17.5. The summed E-state index contributed by atoms with van der Waals surface area (Å²) in [5, 5.41) is 2.97. The molecule has 2 rings (SSSR count). The molecule has 0 unspecified atom stereocenters. The largest absolute Gasteiger partial charge is 0.481 e. The van der Waals surface area contributed by atoms with Crippen LogP contribution in [0.15, 0.2) is 0 Å². The Morgan fingerprint density at radius 2 is 1.71 bits per heavy atom. The molecule has 9 heteroatoms. The van der Waals surface area contributed by atoms with Gasteiger partial charge in [-0.15, -0.1) is 0 Å². The van der Waals surface area contributed by atoms with Crippen molar-refractivity contribution in [1.82, 2.24) is 10.2 Å². The number of nitrogens with two attached hydrogens (primary N) is 1. The standard InChI is InChI=1S/C19H36BN3O5/c1-6-7-8-15(20-27-18(2,3)19(4,5)28-20)22-17(25)14(21)13-16(24)23-9-11-26-12-10-23/h14-15H,6-13,21H2,1-5H3,(H,22,25)/t14-,15+/m1/s1. The summed E-state index contributed by atoms with van der Waals surface area (Å²) >= 11 is 0. The zero-order valence-electron chi connectivity index (χ0n) is 18.0. The van der Waals surface area contributed by atoms with Crippen LogP contribution in [0.4, 0.5) is 0 Å². The van der Waals surface area contributed by atoms with Crippen LogP contribution in [0.2, 0.25) is 0 Å². The number of nitrogens with zero attached hydrogens (tertiary/aromatic N) is 1. The molecule has 8 nitrogen and oxygen atoms in total. The van der Waals surface area contributed by atoms with E-state index in [4.69, 9.17) is 19.8 Å². The van der Waals surface area contributed by atoms with E-state index in [0.29, 0.717) is 26.3 Å². The molecular formula is C19H36BN3O5. The number of carbonyl (C=O) groups is 2. The molecule has 2 aliphatic heterocycles. The van der Waals surface area contributed by atoms with Gasteiger partial charge in [0.25, 0.3) is 0 Å². The molecule has 3 N–H and O–H groups in total. The molecule has 28 heavy (non-hydrogen) atoms. The van der Waals surface area contributed by atoms with Crippen LogP contribution < -0.4 is 11.1 Å². The molecule has 2 fully saturated rings. The quantitative estimate of drug-likeness (QED) is 0.589. The minimum atomic E-state index is -0.901. The zero-order valence-corrected chi connectivity index (χ0v) is 18.0. The van der Waals surface area contributed by atoms with Crippen LogP contribution in [-0.2, 0) is 23.6 Å². The van der Waals surface area contributed by atoms with Gasteiger partial charge in [0.2, 0.25) is 11.8 Å². The van der Waals surface area contributed by atoms with E-state index in [1.54, 1.807) is 4.90 Å². The maximum absolute atomic E-state index is 12.7. The highest BCUT2D eigenvalue weighted by atomic mass is 16.7. The fourth-order valence-corrected chi connectivity index (χ4v) is 3.27. The van der Waals surface area contributed by atoms with Gasteiger partial charge in [-0.2, -0.15) is 0 Å². The molecule has 2 heterocycles. The molecule has 0 radical (unpaired) electrons. The van der Waals surface area contributed by atoms with Crippen molar-refractivity contribution in [2.24, 2.45) is 5.73 Å². The Morgan fingerprint density at radius 3 is 2.25 bits per heavy atom. The van der Waals surface area contributed by atoms with Crippen LogP contribution in [0.3, 0.4) is 0 Å². The minimum Gasteiger partial charge on any atom is -0.402 e. The molecule has 2 saturated heterocycles. The first-order valence-electron chi connectivity index (χ1n) is 10.3. The number of rotatable bonds is 8. The summed E-state index contributed by atoms with van der Waals surface area (Å²) in [5.74, 6) is -0.776. The number of hydrogen-bond acceptors (Lipinski definition) is 6. The Hall–Kier alpha value is -1.16. The van der Waals surface area contributed by atoms with Gasteiger partial charge in [0.15, 0.2) is 0 Å². The van der Waals surface area contributed by atoms with Crippen molar-refractivity contribution in [3.8, 4) is 0 Å². The molecule has 160 valence electrons. The van der Waals surface area contributed by atoms with E-state index >= 15 is 0 Å². The summed E-state index contributed by atoms with van der Waals surface area (Å²) in [5.41, 5.74) is 5.09. The van der Waals surface area contributed by atoms with Crippen molar-refractivity contribution >= 4 is 18.9 Å². The number of nitrogens with one attached hydrogen (secondary N) is 1. The van der Waals surface area contributed by atoms with Gasteiger partial charge in [-0.1, -0.05) is 19.8 Å². The average Bonchev–Trinajstić information content (AvgIpc) is 2.86. The number of carbonyl (C=O) groups excluding carboxylic acids is 2. The normalized spacial score (nSPS) is 23.4. The molecule has 2 atom stereocenters. The number of hydrogen-bond donors (Lipinski definition) is 2. The van der Waals surface area contributed by atoms with Crippen molar-refractivity contribution in [3.05, 3.63) is 0 Å². The second-order valence-corrected chi connectivity index (χ2v) is 8.69. The van der Waals surface area contributed by atoms with Crippen molar-refractivity contribution < 1.29 is 23.6 Å². The van der Waals surface area contributed by atoms with Gasteiger partial charge < -0.3 is 30.0 Å². The van der Waals surface area contributed by atoms with Gasteiger partial charge in [-0.25, -0.2) is 0 Å². The predicted molar refractivity (Wildman–Crippen MR) is 108 cm³/mol. The summed E-state index contributed by atoms with van der Waals surface area (Å²) in [7, 11) is -0.539. The Morgan fingerprint density at radius 1 is 1.14 bits per heavy atom. The molecule has 0 aliphatic carbocycles. The van der Waals surface area contributed by atoms with Gasteiger partial charge >= 0.3 is 7.12 Å². The Balaban J connectivity index is 1.95. The lowest BCUT2D eigenvalue weighted by Crippen LogP contribution is -2.54. The van der Waals surface area contributed by atoms with E-state index in [1.165, 1.54) is 0 Å². The lowest BCUT2D eigenvalue weighted by atomic mass is 9.75. The van der Waals surface area contributed by atoms with E-state index in [2.05, 4.69) is 12.2 Å². The van der Waals surface area contributed by atoms with Crippen LogP contribution in [0.5, 0.6) is 0 Å². The maximum Gasteiger partial charge on any atom is 0.481 e. The predicted octanol–water partition coefficient (Wildman–Crippen LogP) is 0.869. The molecule has 2 aliphatic rings. The first-order valence-corrected chi connectivity index (χ1v) is 10.3. The van der Waals surface area contributed by atoms with Crippen LogP contribution >= 0.6 is 0 Å². The van der Waals surface area contributed by atoms with Gasteiger partial charge in [0.05, 0.1) is 42.8 Å². The van der Waals surface area contributed by atoms with E-state index in [0.717, 1.165) is 19.3 Å². The number of morpholine rings is 1. The third-order valence-electron chi connectivity index (χ3n) is 5.89. The molecule has 2 amide bonds. The Bertz CT molecular complexity index is 536. The van der Waals surface area contributed by atoms with Crippen molar-refractivity contribution in [2.45, 2.75) is 83.5 Å². The van der Waals surface area contributed by atoms with Gasteiger partial charge in [-0.3, -0.25) is 9.59 Å². The number of unbranched alkanes of at least 4 members (excludes halogenated alkanes) is 1. The summed E-state index contributed by atoms with van der Waals surface area (Å²) in [4.78, 5) is 26.7. The molecule has 0 aromatic heterocycles. The lowest BCUT2D eigenvalue weighted by Gasteiger charge is -2.32. The zero-order chi connectivity index (χ0) is 20.9.